The zero-order valence-corrected chi connectivity index (χ0v) is 8.92. The van der Waals surface area contributed by atoms with Crippen LogP contribution in [-0.2, 0) is 11.3 Å². The van der Waals surface area contributed by atoms with Gasteiger partial charge in [-0.3, -0.25) is 10.1 Å². The number of rotatable bonds is 4. The maximum Gasteiger partial charge on any atom is 0.320 e. The van der Waals surface area contributed by atoms with Crippen LogP contribution in [0.4, 0.5) is 0 Å². The van der Waals surface area contributed by atoms with Gasteiger partial charge in [-0.2, -0.15) is 0 Å². The van der Waals surface area contributed by atoms with Crippen molar-refractivity contribution in [1.29, 1.82) is 0 Å². The summed E-state index contributed by atoms with van der Waals surface area (Å²) in [4.78, 5) is 15.0. The van der Waals surface area contributed by atoms with Crippen LogP contribution in [0.1, 0.15) is 12.6 Å². The third-order valence-corrected chi connectivity index (χ3v) is 2.37. The minimum absolute atomic E-state index is 0.454. The van der Waals surface area contributed by atoms with Crippen molar-refractivity contribution in [1.82, 2.24) is 14.7 Å². The molecule has 0 aliphatic heterocycles. The molecule has 16 heavy (non-hydrogen) atoms. The van der Waals surface area contributed by atoms with Crippen LogP contribution in [0.2, 0.25) is 0 Å². The largest absolute Gasteiger partial charge is 0.480 e. The molecule has 5 heteroatoms. The van der Waals surface area contributed by atoms with Gasteiger partial charge in [0.25, 0.3) is 0 Å². The lowest BCUT2D eigenvalue weighted by Crippen LogP contribution is -2.33. The summed E-state index contributed by atoms with van der Waals surface area (Å²) < 4.78 is 1.91. The molecule has 0 aliphatic rings. The van der Waals surface area contributed by atoms with E-state index in [-0.39, 0.29) is 0 Å². The molecule has 0 saturated carbocycles. The number of pyridine rings is 1. The monoisotopic (exact) mass is 219 g/mol. The molecule has 2 heterocycles. The normalized spacial score (nSPS) is 12.8. The average molecular weight is 219 g/mol. The summed E-state index contributed by atoms with van der Waals surface area (Å²) in [5, 5.41) is 11.6. The number of carbonyl (C=O) groups is 1. The molecule has 2 aromatic heterocycles. The number of fused-ring (bicyclic) bond motifs is 1. The van der Waals surface area contributed by atoms with E-state index in [1.807, 2.05) is 35.0 Å². The molecule has 2 aromatic rings. The maximum absolute atomic E-state index is 10.6. The van der Waals surface area contributed by atoms with Crippen molar-refractivity contribution in [2.45, 2.75) is 19.5 Å². The number of carboxylic acid groups (broad SMARTS) is 1. The van der Waals surface area contributed by atoms with Crippen molar-refractivity contribution in [2.24, 2.45) is 0 Å². The van der Waals surface area contributed by atoms with E-state index in [2.05, 4.69) is 10.3 Å². The molecule has 0 aromatic carbocycles. The lowest BCUT2D eigenvalue weighted by molar-refractivity contribution is -0.139. The number of aliphatic carboxylic acids is 1. The molecule has 5 nitrogen and oxygen atoms in total. The van der Waals surface area contributed by atoms with Gasteiger partial charge in [0.2, 0.25) is 0 Å². The van der Waals surface area contributed by atoms with Crippen molar-refractivity contribution in [3.63, 3.8) is 0 Å². The van der Waals surface area contributed by atoms with Crippen LogP contribution in [0.25, 0.3) is 5.65 Å². The highest BCUT2D eigenvalue weighted by Gasteiger charge is 2.10. The van der Waals surface area contributed by atoms with Crippen molar-refractivity contribution in [2.75, 3.05) is 0 Å². The summed E-state index contributed by atoms with van der Waals surface area (Å²) in [5.74, 6) is -0.858. The van der Waals surface area contributed by atoms with Crippen LogP contribution in [0.15, 0.2) is 30.6 Å². The van der Waals surface area contributed by atoms with Crippen LogP contribution in [0.3, 0.4) is 0 Å². The molecule has 0 spiro atoms. The fraction of sp³-hybridized carbons (Fsp3) is 0.273. The number of carboxylic acids is 1. The fourth-order valence-corrected chi connectivity index (χ4v) is 1.42. The third kappa shape index (κ3) is 2.20. The van der Waals surface area contributed by atoms with Crippen molar-refractivity contribution >= 4 is 11.6 Å². The summed E-state index contributed by atoms with van der Waals surface area (Å²) in [6.45, 7) is 2.06. The first-order valence-electron chi connectivity index (χ1n) is 5.05. The lowest BCUT2D eigenvalue weighted by atomic mass is 10.3. The van der Waals surface area contributed by atoms with Crippen molar-refractivity contribution in [3.05, 3.63) is 36.3 Å². The van der Waals surface area contributed by atoms with E-state index in [0.29, 0.717) is 6.54 Å². The standard InChI is InChI=1S/C11H13N3O2/c1-8(11(15)16)12-6-9-7-14-5-3-2-4-10(14)13-9/h2-5,7-8,12H,6H2,1H3,(H,15,16)/t8-/m0/s1. The molecule has 0 fully saturated rings. The Morgan fingerprint density at radius 3 is 3.12 bits per heavy atom. The smallest absolute Gasteiger partial charge is 0.320 e. The Morgan fingerprint density at radius 1 is 1.62 bits per heavy atom. The summed E-state index contributed by atoms with van der Waals surface area (Å²) >= 11 is 0. The minimum atomic E-state index is -0.858. The van der Waals surface area contributed by atoms with Gasteiger partial charge < -0.3 is 9.51 Å². The highest BCUT2D eigenvalue weighted by Crippen LogP contribution is 2.04. The Labute approximate surface area is 92.7 Å². The summed E-state index contributed by atoms with van der Waals surface area (Å²) in [7, 11) is 0. The van der Waals surface area contributed by atoms with Gasteiger partial charge in [-0.05, 0) is 19.1 Å². The Kier molecular flexibility index (Phi) is 2.87. The second kappa shape index (κ2) is 4.32. The highest BCUT2D eigenvalue weighted by molar-refractivity contribution is 5.72. The molecule has 0 amide bonds. The topological polar surface area (TPSA) is 66.6 Å². The molecule has 2 N–H and O–H groups in total. The van der Waals surface area contributed by atoms with Crippen LogP contribution >= 0.6 is 0 Å². The highest BCUT2D eigenvalue weighted by atomic mass is 16.4. The lowest BCUT2D eigenvalue weighted by Gasteiger charge is -2.06. The Morgan fingerprint density at radius 2 is 2.44 bits per heavy atom. The molecule has 0 bridgehead atoms. The van der Waals surface area contributed by atoms with Gasteiger partial charge in [-0.1, -0.05) is 6.07 Å². The van der Waals surface area contributed by atoms with Crippen molar-refractivity contribution in [3.8, 4) is 0 Å². The first kappa shape index (κ1) is 10.6. The van der Waals surface area contributed by atoms with Crippen LogP contribution in [0.5, 0.6) is 0 Å². The van der Waals surface area contributed by atoms with Gasteiger partial charge in [-0.25, -0.2) is 4.98 Å². The fourth-order valence-electron chi connectivity index (χ4n) is 1.42. The minimum Gasteiger partial charge on any atom is -0.480 e. The van der Waals surface area contributed by atoms with Crippen molar-refractivity contribution < 1.29 is 9.90 Å². The predicted molar refractivity (Wildman–Crippen MR) is 59.1 cm³/mol. The van der Waals surface area contributed by atoms with Gasteiger partial charge in [0.15, 0.2) is 0 Å². The quantitative estimate of drug-likeness (QED) is 0.801. The number of hydrogen-bond acceptors (Lipinski definition) is 3. The van der Waals surface area contributed by atoms with Crippen LogP contribution in [0, 0.1) is 0 Å². The van der Waals surface area contributed by atoms with E-state index in [1.54, 1.807) is 6.92 Å². The Balaban J connectivity index is 2.07. The molecule has 1 atom stereocenters. The van der Waals surface area contributed by atoms with Gasteiger partial charge in [0.05, 0.1) is 5.69 Å². The zero-order valence-electron chi connectivity index (χ0n) is 8.92. The molecule has 0 unspecified atom stereocenters. The first-order chi connectivity index (χ1) is 7.66. The molecule has 0 aliphatic carbocycles. The van der Waals surface area contributed by atoms with E-state index >= 15 is 0 Å². The number of nitrogens with zero attached hydrogens (tertiary/aromatic N) is 2. The first-order valence-corrected chi connectivity index (χ1v) is 5.05. The van der Waals surface area contributed by atoms with E-state index < -0.39 is 12.0 Å². The maximum atomic E-state index is 10.6. The molecular formula is C11H13N3O2. The number of nitrogens with one attached hydrogen (secondary N) is 1. The SMILES string of the molecule is C[C@H](NCc1cn2ccccc2n1)C(=O)O. The summed E-state index contributed by atoms with van der Waals surface area (Å²) in [5.41, 5.74) is 1.70. The molecule has 84 valence electrons. The summed E-state index contributed by atoms with van der Waals surface area (Å²) in [6, 6.07) is 5.18. The number of aromatic nitrogens is 2. The molecular weight excluding hydrogens is 206 g/mol. The second-order valence-corrected chi connectivity index (χ2v) is 3.64. The van der Waals surface area contributed by atoms with E-state index in [1.165, 1.54) is 0 Å². The zero-order chi connectivity index (χ0) is 11.5. The summed E-state index contributed by atoms with van der Waals surface area (Å²) in [6.07, 6.45) is 3.80. The molecule has 0 radical (unpaired) electrons. The van der Waals surface area contributed by atoms with Gasteiger partial charge >= 0.3 is 5.97 Å². The third-order valence-electron chi connectivity index (χ3n) is 2.37. The average Bonchev–Trinajstić information content (AvgIpc) is 2.68. The van der Waals surface area contributed by atoms with Gasteiger partial charge in [0.1, 0.15) is 11.7 Å². The molecule has 0 saturated heterocycles. The van der Waals surface area contributed by atoms with E-state index in [4.69, 9.17) is 5.11 Å². The van der Waals surface area contributed by atoms with E-state index in [9.17, 15) is 4.79 Å². The van der Waals surface area contributed by atoms with E-state index in [0.717, 1.165) is 11.3 Å². The number of imidazole rings is 1. The van der Waals surface area contributed by atoms with Crippen LogP contribution < -0.4 is 5.32 Å². The Bertz CT molecular complexity index is 474. The predicted octanol–water partition coefficient (Wildman–Crippen LogP) is 0.897. The Hall–Kier alpha value is -1.88. The van der Waals surface area contributed by atoms with Crippen LogP contribution in [-0.4, -0.2) is 26.5 Å². The number of hydrogen-bond donors (Lipinski definition) is 2. The second-order valence-electron chi connectivity index (χ2n) is 3.64. The molecule has 2 rings (SSSR count). The van der Waals surface area contributed by atoms with Gasteiger partial charge in [0, 0.05) is 18.9 Å². The van der Waals surface area contributed by atoms with Gasteiger partial charge in [-0.15, -0.1) is 0 Å².